The standard InChI is InChI=1S/C17H24N4S/c1-12-5-7-15(8-6-12)13(2)9-20-17(18-4)21-11-16-10-19-14(3)22-16/h5-8,10,13H,9,11H2,1-4H3,(H2,18,20,21). The number of nitrogens with zero attached hydrogens (tertiary/aromatic N) is 2. The van der Waals surface area contributed by atoms with Crippen molar-refractivity contribution >= 4 is 17.3 Å². The van der Waals surface area contributed by atoms with E-state index < -0.39 is 0 Å². The van der Waals surface area contributed by atoms with E-state index in [1.54, 1.807) is 18.4 Å². The molecule has 5 heteroatoms. The van der Waals surface area contributed by atoms with Gasteiger partial charge in [-0.05, 0) is 25.3 Å². The Morgan fingerprint density at radius 3 is 2.55 bits per heavy atom. The summed E-state index contributed by atoms with van der Waals surface area (Å²) in [4.78, 5) is 9.74. The molecule has 0 saturated carbocycles. The number of hydrogen-bond donors (Lipinski definition) is 2. The van der Waals surface area contributed by atoms with Gasteiger partial charge in [0.2, 0.25) is 0 Å². The number of rotatable bonds is 5. The Morgan fingerprint density at radius 1 is 1.23 bits per heavy atom. The summed E-state index contributed by atoms with van der Waals surface area (Å²) in [5.74, 6) is 1.26. The van der Waals surface area contributed by atoms with Crippen molar-refractivity contribution in [2.24, 2.45) is 4.99 Å². The SMILES string of the molecule is CN=C(NCc1cnc(C)s1)NCC(C)c1ccc(C)cc1. The number of guanidine groups is 1. The maximum atomic E-state index is 4.27. The monoisotopic (exact) mass is 316 g/mol. The van der Waals surface area contributed by atoms with Crippen molar-refractivity contribution in [2.75, 3.05) is 13.6 Å². The zero-order valence-electron chi connectivity index (χ0n) is 13.7. The van der Waals surface area contributed by atoms with Gasteiger partial charge in [0.05, 0.1) is 11.6 Å². The largest absolute Gasteiger partial charge is 0.356 e. The highest BCUT2D eigenvalue weighted by Gasteiger charge is 2.07. The summed E-state index contributed by atoms with van der Waals surface area (Å²) in [7, 11) is 1.80. The van der Waals surface area contributed by atoms with Crippen molar-refractivity contribution in [1.82, 2.24) is 15.6 Å². The Labute approximate surface area is 136 Å². The molecule has 0 aliphatic heterocycles. The molecule has 0 fully saturated rings. The molecule has 0 bridgehead atoms. The molecule has 1 aromatic heterocycles. The Hall–Kier alpha value is -1.88. The molecule has 4 nitrogen and oxygen atoms in total. The predicted molar refractivity (Wildman–Crippen MR) is 94.6 cm³/mol. The summed E-state index contributed by atoms with van der Waals surface area (Å²) in [6.07, 6.45) is 1.91. The van der Waals surface area contributed by atoms with Crippen molar-refractivity contribution in [2.45, 2.75) is 33.2 Å². The van der Waals surface area contributed by atoms with Gasteiger partial charge in [-0.2, -0.15) is 0 Å². The van der Waals surface area contributed by atoms with Gasteiger partial charge in [-0.1, -0.05) is 36.8 Å². The minimum atomic E-state index is 0.435. The van der Waals surface area contributed by atoms with Crippen LogP contribution in [-0.4, -0.2) is 24.5 Å². The van der Waals surface area contributed by atoms with Crippen LogP contribution < -0.4 is 10.6 Å². The first-order valence-corrected chi connectivity index (χ1v) is 8.32. The third-order valence-corrected chi connectivity index (χ3v) is 4.46. The van der Waals surface area contributed by atoms with Crippen LogP contribution in [-0.2, 0) is 6.54 Å². The fraction of sp³-hybridized carbons (Fsp3) is 0.412. The van der Waals surface area contributed by atoms with Gasteiger partial charge in [-0.25, -0.2) is 4.98 Å². The maximum absolute atomic E-state index is 4.27. The second-order valence-electron chi connectivity index (χ2n) is 5.46. The lowest BCUT2D eigenvalue weighted by atomic mass is 10.0. The number of benzene rings is 1. The van der Waals surface area contributed by atoms with Crippen LogP contribution in [0.25, 0.3) is 0 Å². The number of hydrogen-bond acceptors (Lipinski definition) is 3. The van der Waals surface area contributed by atoms with E-state index in [2.05, 4.69) is 58.7 Å². The molecule has 2 N–H and O–H groups in total. The fourth-order valence-electron chi connectivity index (χ4n) is 2.14. The van der Waals surface area contributed by atoms with Gasteiger partial charge in [-0.3, -0.25) is 4.99 Å². The van der Waals surface area contributed by atoms with E-state index in [1.165, 1.54) is 16.0 Å². The van der Waals surface area contributed by atoms with Gasteiger partial charge in [0, 0.05) is 24.7 Å². The fourth-order valence-corrected chi connectivity index (χ4v) is 2.88. The summed E-state index contributed by atoms with van der Waals surface area (Å²) in [5, 5.41) is 7.80. The number of aryl methyl sites for hydroxylation is 2. The zero-order valence-corrected chi connectivity index (χ0v) is 14.5. The number of thiazole rings is 1. The van der Waals surface area contributed by atoms with E-state index in [9.17, 15) is 0 Å². The lowest BCUT2D eigenvalue weighted by Crippen LogP contribution is -2.38. The van der Waals surface area contributed by atoms with Gasteiger partial charge in [0.25, 0.3) is 0 Å². The van der Waals surface area contributed by atoms with E-state index in [0.717, 1.165) is 24.1 Å². The Kier molecular flexibility index (Phi) is 5.95. The molecule has 1 unspecified atom stereocenters. The molecule has 0 spiro atoms. The number of aliphatic imine (C=N–C) groups is 1. The number of aromatic nitrogens is 1. The smallest absolute Gasteiger partial charge is 0.191 e. The molecular weight excluding hydrogens is 292 g/mol. The third kappa shape index (κ3) is 4.84. The summed E-state index contributed by atoms with van der Waals surface area (Å²) >= 11 is 1.71. The van der Waals surface area contributed by atoms with E-state index >= 15 is 0 Å². The zero-order chi connectivity index (χ0) is 15.9. The van der Waals surface area contributed by atoms with E-state index in [1.807, 2.05) is 13.1 Å². The van der Waals surface area contributed by atoms with E-state index in [4.69, 9.17) is 0 Å². The average molecular weight is 316 g/mol. The molecule has 22 heavy (non-hydrogen) atoms. The minimum Gasteiger partial charge on any atom is -0.356 e. The van der Waals surface area contributed by atoms with Crippen molar-refractivity contribution in [3.8, 4) is 0 Å². The topological polar surface area (TPSA) is 49.3 Å². The summed E-state index contributed by atoms with van der Waals surface area (Å²) in [5.41, 5.74) is 2.63. The molecule has 0 aliphatic rings. The molecule has 118 valence electrons. The van der Waals surface area contributed by atoms with Gasteiger partial charge >= 0.3 is 0 Å². The molecule has 0 radical (unpaired) electrons. The molecule has 1 heterocycles. The van der Waals surface area contributed by atoms with Crippen LogP contribution in [0, 0.1) is 13.8 Å². The maximum Gasteiger partial charge on any atom is 0.191 e. The van der Waals surface area contributed by atoms with Gasteiger partial charge in [0.15, 0.2) is 5.96 Å². The van der Waals surface area contributed by atoms with Gasteiger partial charge < -0.3 is 10.6 Å². The highest BCUT2D eigenvalue weighted by Crippen LogP contribution is 2.14. The van der Waals surface area contributed by atoms with Crippen molar-refractivity contribution in [1.29, 1.82) is 0 Å². The first-order chi connectivity index (χ1) is 10.6. The van der Waals surface area contributed by atoms with Crippen LogP contribution in [0.3, 0.4) is 0 Å². The molecule has 0 saturated heterocycles. The van der Waals surface area contributed by atoms with Crippen LogP contribution in [0.15, 0.2) is 35.5 Å². The quantitative estimate of drug-likeness (QED) is 0.658. The highest BCUT2D eigenvalue weighted by molar-refractivity contribution is 7.11. The Balaban J connectivity index is 1.81. The Morgan fingerprint density at radius 2 is 1.95 bits per heavy atom. The lowest BCUT2D eigenvalue weighted by Gasteiger charge is -2.16. The Bertz CT molecular complexity index is 616. The summed E-state index contributed by atoms with van der Waals surface area (Å²) in [6, 6.07) is 8.70. The van der Waals surface area contributed by atoms with Gasteiger partial charge in [0.1, 0.15) is 0 Å². The van der Waals surface area contributed by atoms with E-state index in [-0.39, 0.29) is 0 Å². The van der Waals surface area contributed by atoms with Crippen molar-refractivity contribution in [3.05, 3.63) is 51.5 Å². The first kappa shape index (κ1) is 16.5. The third-order valence-electron chi connectivity index (χ3n) is 3.54. The number of nitrogens with one attached hydrogen (secondary N) is 2. The van der Waals surface area contributed by atoms with Crippen LogP contribution in [0.1, 0.15) is 33.9 Å². The van der Waals surface area contributed by atoms with Crippen molar-refractivity contribution in [3.63, 3.8) is 0 Å². The molecule has 0 aliphatic carbocycles. The van der Waals surface area contributed by atoms with E-state index in [0.29, 0.717) is 5.92 Å². The van der Waals surface area contributed by atoms with Crippen LogP contribution >= 0.6 is 11.3 Å². The molecule has 1 aromatic carbocycles. The molecule has 0 amide bonds. The second kappa shape index (κ2) is 7.94. The normalized spacial score (nSPS) is 13.0. The van der Waals surface area contributed by atoms with Crippen LogP contribution in [0.2, 0.25) is 0 Å². The average Bonchev–Trinajstić information content (AvgIpc) is 2.93. The molecule has 2 rings (SSSR count). The lowest BCUT2D eigenvalue weighted by molar-refractivity contribution is 0.699. The van der Waals surface area contributed by atoms with Gasteiger partial charge in [-0.15, -0.1) is 11.3 Å². The van der Waals surface area contributed by atoms with Crippen LogP contribution in [0.5, 0.6) is 0 Å². The highest BCUT2D eigenvalue weighted by atomic mass is 32.1. The minimum absolute atomic E-state index is 0.435. The molecule has 2 aromatic rings. The first-order valence-electron chi connectivity index (χ1n) is 7.51. The predicted octanol–water partition coefficient (Wildman–Crippen LogP) is 3.23. The summed E-state index contributed by atoms with van der Waals surface area (Å²) in [6.45, 7) is 7.95. The summed E-state index contributed by atoms with van der Waals surface area (Å²) < 4.78 is 0. The second-order valence-corrected chi connectivity index (χ2v) is 6.78. The molecule has 1 atom stereocenters. The van der Waals surface area contributed by atoms with Crippen LogP contribution in [0.4, 0.5) is 0 Å². The van der Waals surface area contributed by atoms with Crippen molar-refractivity contribution < 1.29 is 0 Å². The molecular formula is C17H24N4S.